The summed E-state index contributed by atoms with van der Waals surface area (Å²) in [5.74, 6) is -0.774. The predicted octanol–water partition coefficient (Wildman–Crippen LogP) is 3.01. The molecule has 2 heteroatoms. The topological polar surface area (TPSA) is 37.3 Å². The number of rotatable bonds is 5. The van der Waals surface area contributed by atoms with Crippen molar-refractivity contribution in [2.75, 3.05) is 0 Å². The zero-order chi connectivity index (χ0) is 10.5. The van der Waals surface area contributed by atoms with Gasteiger partial charge in [0.1, 0.15) is 0 Å². The molecule has 0 fully saturated rings. The lowest BCUT2D eigenvalue weighted by Crippen LogP contribution is -2.17. The van der Waals surface area contributed by atoms with Crippen molar-refractivity contribution in [2.45, 2.75) is 33.6 Å². The summed E-state index contributed by atoms with van der Waals surface area (Å²) in [6.45, 7) is 9.59. The molecule has 0 unspecified atom stereocenters. The summed E-state index contributed by atoms with van der Waals surface area (Å²) < 4.78 is 0. The van der Waals surface area contributed by atoms with E-state index >= 15 is 0 Å². The Balaban J connectivity index is 4.36. The van der Waals surface area contributed by atoms with E-state index < -0.39 is 5.97 Å². The lowest BCUT2D eigenvalue weighted by atomic mass is 9.83. The van der Waals surface area contributed by atoms with Gasteiger partial charge in [0.15, 0.2) is 0 Å². The Morgan fingerprint density at radius 3 is 2.38 bits per heavy atom. The number of carbonyl (C=O) groups is 1. The van der Waals surface area contributed by atoms with Gasteiger partial charge in [-0.05, 0) is 25.7 Å². The molecule has 0 saturated carbocycles. The first-order valence-electron chi connectivity index (χ1n) is 4.38. The van der Waals surface area contributed by atoms with Crippen LogP contribution in [0.5, 0.6) is 0 Å². The Bertz CT molecular complexity index is 224. The minimum Gasteiger partial charge on any atom is -0.481 e. The highest BCUT2D eigenvalue weighted by Crippen LogP contribution is 2.28. The van der Waals surface area contributed by atoms with E-state index in [9.17, 15) is 4.79 Å². The molecular weight excluding hydrogens is 164 g/mol. The summed E-state index contributed by atoms with van der Waals surface area (Å²) in [6.07, 6.45) is 4.65. The Hall–Kier alpha value is -1.05. The van der Waals surface area contributed by atoms with E-state index in [2.05, 4.69) is 6.58 Å². The molecule has 0 heterocycles. The van der Waals surface area contributed by atoms with Gasteiger partial charge in [0, 0.05) is 0 Å². The second-order valence-electron chi connectivity index (χ2n) is 3.91. The van der Waals surface area contributed by atoms with E-state index in [4.69, 9.17) is 5.11 Å². The number of allylic oxidation sites excluding steroid dienone is 3. The molecule has 0 aromatic carbocycles. The normalized spacial score (nSPS) is 14.4. The van der Waals surface area contributed by atoms with Gasteiger partial charge in [-0.1, -0.05) is 24.6 Å². The lowest BCUT2D eigenvalue weighted by molar-refractivity contribution is -0.138. The third-order valence-corrected chi connectivity index (χ3v) is 2.02. The molecule has 74 valence electrons. The van der Waals surface area contributed by atoms with E-state index in [1.54, 1.807) is 6.08 Å². The van der Waals surface area contributed by atoms with Gasteiger partial charge in [0.05, 0.1) is 6.42 Å². The van der Waals surface area contributed by atoms with Gasteiger partial charge in [-0.25, -0.2) is 0 Å². The van der Waals surface area contributed by atoms with Gasteiger partial charge < -0.3 is 5.11 Å². The second-order valence-corrected chi connectivity index (χ2v) is 3.91. The first-order chi connectivity index (χ1) is 5.89. The Morgan fingerprint density at radius 1 is 1.54 bits per heavy atom. The largest absolute Gasteiger partial charge is 0.481 e. The van der Waals surface area contributed by atoms with Crippen molar-refractivity contribution in [3.8, 4) is 0 Å². The van der Waals surface area contributed by atoms with Crippen molar-refractivity contribution in [3.05, 3.63) is 24.3 Å². The average Bonchev–Trinajstić information content (AvgIpc) is 2.00. The molecular formula is C11H18O2. The predicted molar refractivity (Wildman–Crippen MR) is 54.6 cm³/mol. The molecule has 13 heavy (non-hydrogen) atoms. The van der Waals surface area contributed by atoms with Crippen LogP contribution < -0.4 is 0 Å². The van der Waals surface area contributed by atoms with E-state index in [-0.39, 0.29) is 11.8 Å². The van der Waals surface area contributed by atoms with E-state index in [0.29, 0.717) is 0 Å². The Kier molecular flexibility index (Phi) is 4.46. The third kappa shape index (κ3) is 5.23. The molecule has 0 aliphatic rings. The molecule has 0 amide bonds. The van der Waals surface area contributed by atoms with Gasteiger partial charge in [-0.15, -0.1) is 6.58 Å². The number of carboxylic acids is 1. The summed E-state index contributed by atoms with van der Waals surface area (Å²) in [7, 11) is 0. The van der Waals surface area contributed by atoms with Crippen LogP contribution in [0.3, 0.4) is 0 Å². The zero-order valence-corrected chi connectivity index (χ0v) is 8.63. The van der Waals surface area contributed by atoms with Crippen molar-refractivity contribution < 1.29 is 9.90 Å². The van der Waals surface area contributed by atoms with E-state index in [1.165, 1.54) is 5.57 Å². The van der Waals surface area contributed by atoms with Crippen LogP contribution in [0.2, 0.25) is 0 Å². The fourth-order valence-corrected chi connectivity index (χ4v) is 1.01. The average molecular weight is 182 g/mol. The van der Waals surface area contributed by atoms with Crippen LogP contribution in [-0.2, 0) is 4.79 Å². The maximum absolute atomic E-state index is 10.6. The molecule has 0 spiro atoms. The standard InChI is InChI=1S/C11H18O2/c1-5-11(4,8-10(12)13)7-6-9(2)3/h5-6H,1,7-8H2,2-4H3,(H,12,13)/t11-/m1/s1. The van der Waals surface area contributed by atoms with Crippen molar-refractivity contribution >= 4 is 5.97 Å². The van der Waals surface area contributed by atoms with E-state index in [1.807, 2.05) is 26.8 Å². The van der Waals surface area contributed by atoms with Gasteiger partial charge in [-0.3, -0.25) is 4.79 Å². The van der Waals surface area contributed by atoms with Gasteiger partial charge in [-0.2, -0.15) is 0 Å². The highest BCUT2D eigenvalue weighted by Gasteiger charge is 2.22. The molecule has 0 aliphatic carbocycles. The van der Waals surface area contributed by atoms with Crippen molar-refractivity contribution in [1.29, 1.82) is 0 Å². The van der Waals surface area contributed by atoms with E-state index in [0.717, 1.165) is 6.42 Å². The van der Waals surface area contributed by atoms with Crippen LogP contribution in [-0.4, -0.2) is 11.1 Å². The van der Waals surface area contributed by atoms with Crippen molar-refractivity contribution in [1.82, 2.24) is 0 Å². The third-order valence-electron chi connectivity index (χ3n) is 2.02. The minimum atomic E-state index is -0.774. The maximum atomic E-state index is 10.6. The molecule has 0 aliphatic heterocycles. The van der Waals surface area contributed by atoms with Gasteiger partial charge >= 0.3 is 5.97 Å². The van der Waals surface area contributed by atoms with Gasteiger partial charge in [0.25, 0.3) is 0 Å². The molecule has 1 N–H and O–H groups in total. The van der Waals surface area contributed by atoms with Crippen LogP contribution >= 0.6 is 0 Å². The highest BCUT2D eigenvalue weighted by atomic mass is 16.4. The molecule has 0 rings (SSSR count). The number of hydrogen-bond acceptors (Lipinski definition) is 1. The first-order valence-corrected chi connectivity index (χ1v) is 4.38. The smallest absolute Gasteiger partial charge is 0.304 e. The second kappa shape index (κ2) is 4.85. The molecule has 1 atom stereocenters. The summed E-state index contributed by atoms with van der Waals surface area (Å²) >= 11 is 0. The number of aliphatic carboxylic acids is 1. The summed E-state index contributed by atoms with van der Waals surface area (Å²) in [6, 6.07) is 0. The summed E-state index contributed by atoms with van der Waals surface area (Å²) in [5.41, 5.74) is 0.891. The lowest BCUT2D eigenvalue weighted by Gasteiger charge is -2.21. The quantitative estimate of drug-likeness (QED) is 0.663. The Morgan fingerprint density at radius 2 is 2.08 bits per heavy atom. The fourth-order valence-electron chi connectivity index (χ4n) is 1.01. The number of carboxylic acid groups (broad SMARTS) is 1. The summed E-state index contributed by atoms with van der Waals surface area (Å²) in [5, 5.41) is 8.68. The van der Waals surface area contributed by atoms with Crippen LogP contribution in [0.25, 0.3) is 0 Å². The molecule has 2 nitrogen and oxygen atoms in total. The fraction of sp³-hybridized carbons (Fsp3) is 0.545. The molecule has 0 bridgehead atoms. The monoisotopic (exact) mass is 182 g/mol. The van der Waals surface area contributed by atoms with Crippen molar-refractivity contribution in [2.24, 2.45) is 5.41 Å². The SMILES string of the molecule is C=C[C@](C)(CC=C(C)C)CC(=O)O. The Labute approximate surface area is 80.0 Å². The molecule has 0 aromatic heterocycles. The van der Waals surface area contributed by atoms with Crippen LogP contribution in [0.1, 0.15) is 33.6 Å². The van der Waals surface area contributed by atoms with Crippen LogP contribution in [0.4, 0.5) is 0 Å². The zero-order valence-electron chi connectivity index (χ0n) is 8.63. The summed E-state index contributed by atoms with van der Waals surface area (Å²) in [4.78, 5) is 10.6. The molecule has 0 saturated heterocycles. The number of hydrogen-bond donors (Lipinski definition) is 1. The van der Waals surface area contributed by atoms with Crippen LogP contribution in [0.15, 0.2) is 24.3 Å². The minimum absolute atomic E-state index is 0.139. The molecule has 0 radical (unpaired) electrons. The van der Waals surface area contributed by atoms with Crippen molar-refractivity contribution in [3.63, 3.8) is 0 Å². The first kappa shape index (κ1) is 11.9. The highest BCUT2D eigenvalue weighted by molar-refractivity contribution is 5.68. The molecule has 0 aromatic rings. The van der Waals surface area contributed by atoms with Gasteiger partial charge in [0.2, 0.25) is 0 Å². The van der Waals surface area contributed by atoms with Crippen LogP contribution in [0, 0.1) is 5.41 Å². The maximum Gasteiger partial charge on any atom is 0.304 e.